The Labute approximate surface area is 102 Å². The number of aliphatic carboxylic acids is 1. The minimum atomic E-state index is -0.914. The van der Waals surface area contributed by atoms with Gasteiger partial charge in [0.05, 0.1) is 6.42 Å². The maximum atomic E-state index is 10.9. The van der Waals surface area contributed by atoms with Crippen LogP contribution in [0.15, 0.2) is 12.1 Å². The molecule has 0 aliphatic rings. The second-order valence-corrected chi connectivity index (χ2v) is 4.95. The molecule has 0 bridgehead atoms. The van der Waals surface area contributed by atoms with Crippen LogP contribution in [0.1, 0.15) is 56.2 Å². The number of benzene rings is 1. The molecule has 0 fully saturated rings. The molecular weight excluding hydrogens is 216 g/mol. The van der Waals surface area contributed by atoms with Crippen LogP contribution in [-0.4, -0.2) is 16.2 Å². The summed E-state index contributed by atoms with van der Waals surface area (Å²) in [4.78, 5) is 10.9. The lowest BCUT2D eigenvalue weighted by Crippen LogP contribution is -2.07. The Morgan fingerprint density at radius 2 is 1.59 bits per heavy atom. The van der Waals surface area contributed by atoms with Crippen molar-refractivity contribution in [2.75, 3.05) is 0 Å². The third kappa shape index (κ3) is 2.99. The smallest absolute Gasteiger partial charge is 0.307 e. The van der Waals surface area contributed by atoms with Crippen LogP contribution in [0.4, 0.5) is 0 Å². The molecule has 0 unspecified atom stereocenters. The van der Waals surface area contributed by atoms with E-state index in [9.17, 15) is 9.90 Å². The first-order valence-electron chi connectivity index (χ1n) is 5.91. The molecule has 2 N–H and O–H groups in total. The zero-order valence-electron chi connectivity index (χ0n) is 10.8. The van der Waals surface area contributed by atoms with Crippen LogP contribution < -0.4 is 0 Å². The van der Waals surface area contributed by atoms with Gasteiger partial charge in [-0.3, -0.25) is 4.79 Å². The van der Waals surface area contributed by atoms with Gasteiger partial charge in [0.25, 0.3) is 0 Å². The van der Waals surface area contributed by atoms with Crippen molar-refractivity contribution < 1.29 is 15.0 Å². The fraction of sp³-hybridized carbons (Fsp3) is 0.500. The van der Waals surface area contributed by atoms with Gasteiger partial charge in [-0.15, -0.1) is 0 Å². The molecule has 0 amide bonds. The molecule has 17 heavy (non-hydrogen) atoms. The zero-order valence-corrected chi connectivity index (χ0v) is 10.8. The lowest BCUT2D eigenvalue weighted by molar-refractivity contribution is -0.136. The Kier molecular flexibility index (Phi) is 4.16. The van der Waals surface area contributed by atoms with E-state index in [0.29, 0.717) is 5.56 Å². The SMILES string of the molecule is CC(C)c1ccc(C(C)C)c(CC(=O)O)c1O. The fourth-order valence-corrected chi connectivity index (χ4v) is 2.01. The van der Waals surface area contributed by atoms with E-state index in [0.717, 1.165) is 11.1 Å². The lowest BCUT2D eigenvalue weighted by atomic mass is 9.89. The third-order valence-corrected chi connectivity index (χ3v) is 2.92. The lowest BCUT2D eigenvalue weighted by Gasteiger charge is -2.17. The average molecular weight is 236 g/mol. The number of aromatic hydroxyl groups is 1. The predicted octanol–water partition coefficient (Wildman–Crippen LogP) is 3.27. The van der Waals surface area contributed by atoms with Crippen LogP contribution in [0.3, 0.4) is 0 Å². The molecule has 0 atom stereocenters. The van der Waals surface area contributed by atoms with Crippen LogP contribution in [0.25, 0.3) is 0 Å². The Morgan fingerprint density at radius 3 is 2.00 bits per heavy atom. The summed E-state index contributed by atoms with van der Waals surface area (Å²) in [6.07, 6.45) is -0.125. The Morgan fingerprint density at radius 1 is 1.12 bits per heavy atom. The number of carboxylic acids is 1. The molecule has 0 spiro atoms. The van der Waals surface area contributed by atoms with E-state index >= 15 is 0 Å². The topological polar surface area (TPSA) is 57.5 Å². The third-order valence-electron chi connectivity index (χ3n) is 2.92. The normalized spacial score (nSPS) is 11.2. The number of hydrogen-bond donors (Lipinski definition) is 2. The van der Waals surface area contributed by atoms with Gasteiger partial charge in [-0.1, -0.05) is 39.8 Å². The van der Waals surface area contributed by atoms with Crippen molar-refractivity contribution in [3.63, 3.8) is 0 Å². The van der Waals surface area contributed by atoms with Crippen molar-refractivity contribution in [2.45, 2.75) is 46.0 Å². The zero-order chi connectivity index (χ0) is 13.2. The van der Waals surface area contributed by atoms with E-state index in [1.807, 2.05) is 39.8 Å². The van der Waals surface area contributed by atoms with Gasteiger partial charge in [-0.05, 0) is 23.0 Å². The number of carbonyl (C=O) groups is 1. The van der Waals surface area contributed by atoms with Crippen LogP contribution in [-0.2, 0) is 11.2 Å². The van der Waals surface area contributed by atoms with E-state index in [1.165, 1.54) is 0 Å². The molecule has 0 heterocycles. The number of phenolic OH excluding ortho intramolecular Hbond substituents is 1. The number of rotatable bonds is 4. The van der Waals surface area contributed by atoms with Crippen molar-refractivity contribution in [1.82, 2.24) is 0 Å². The van der Waals surface area contributed by atoms with E-state index in [2.05, 4.69) is 0 Å². The van der Waals surface area contributed by atoms with Crippen molar-refractivity contribution in [3.8, 4) is 5.75 Å². The highest BCUT2D eigenvalue weighted by Crippen LogP contribution is 2.34. The van der Waals surface area contributed by atoms with Gasteiger partial charge in [0, 0.05) is 5.56 Å². The van der Waals surface area contributed by atoms with Crippen LogP contribution >= 0.6 is 0 Å². The highest BCUT2D eigenvalue weighted by atomic mass is 16.4. The monoisotopic (exact) mass is 236 g/mol. The number of phenols is 1. The van der Waals surface area contributed by atoms with E-state index in [-0.39, 0.29) is 24.0 Å². The van der Waals surface area contributed by atoms with Crippen molar-refractivity contribution >= 4 is 5.97 Å². The highest BCUT2D eigenvalue weighted by molar-refractivity contribution is 5.72. The van der Waals surface area contributed by atoms with Gasteiger partial charge >= 0.3 is 5.97 Å². The molecule has 0 aliphatic carbocycles. The maximum absolute atomic E-state index is 10.9. The summed E-state index contributed by atoms with van der Waals surface area (Å²) in [6, 6.07) is 3.82. The van der Waals surface area contributed by atoms with E-state index < -0.39 is 5.97 Å². The minimum Gasteiger partial charge on any atom is -0.507 e. The second-order valence-electron chi connectivity index (χ2n) is 4.95. The fourth-order valence-electron chi connectivity index (χ4n) is 2.01. The first-order valence-corrected chi connectivity index (χ1v) is 5.91. The van der Waals surface area contributed by atoms with Gasteiger partial charge in [0.15, 0.2) is 0 Å². The van der Waals surface area contributed by atoms with E-state index in [4.69, 9.17) is 5.11 Å². The standard InChI is InChI=1S/C14H20O3/c1-8(2)10-5-6-11(9(3)4)14(17)12(10)7-13(15)16/h5-6,8-9,17H,7H2,1-4H3,(H,15,16). The molecule has 3 nitrogen and oxygen atoms in total. The average Bonchev–Trinajstić information content (AvgIpc) is 2.19. The first kappa shape index (κ1) is 13.6. The van der Waals surface area contributed by atoms with Gasteiger partial charge in [-0.25, -0.2) is 0 Å². The Balaban J connectivity index is 3.36. The molecule has 1 aromatic rings. The van der Waals surface area contributed by atoms with Crippen LogP contribution in [0, 0.1) is 0 Å². The summed E-state index contributed by atoms with van der Waals surface area (Å²) < 4.78 is 0. The minimum absolute atomic E-state index is 0.125. The van der Waals surface area contributed by atoms with Gasteiger partial charge in [0.1, 0.15) is 5.75 Å². The molecule has 0 aromatic heterocycles. The molecule has 1 rings (SSSR count). The molecule has 3 heteroatoms. The molecule has 0 saturated heterocycles. The number of hydrogen-bond acceptors (Lipinski definition) is 2. The van der Waals surface area contributed by atoms with Crippen molar-refractivity contribution in [2.24, 2.45) is 0 Å². The highest BCUT2D eigenvalue weighted by Gasteiger charge is 2.18. The van der Waals surface area contributed by atoms with Gasteiger partial charge in [-0.2, -0.15) is 0 Å². The quantitative estimate of drug-likeness (QED) is 0.843. The second kappa shape index (κ2) is 5.21. The maximum Gasteiger partial charge on any atom is 0.307 e. The molecule has 0 radical (unpaired) electrons. The summed E-state index contributed by atoms with van der Waals surface area (Å²) in [5.41, 5.74) is 2.28. The summed E-state index contributed by atoms with van der Waals surface area (Å²) in [7, 11) is 0. The molecule has 94 valence electrons. The predicted molar refractivity (Wildman–Crippen MR) is 67.6 cm³/mol. The number of carboxylic acid groups (broad SMARTS) is 1. The summed E-state index contributed by atoms with van der Waals surface area (Å²) in [5.74, 6) is -0.378. The molecule has 1 aromatic carbocycles. The molecule has 0 saturated carbocycles. The van der Waals surface area contributed by atoms with Crippen molar-refractivity contribution in [3.05, 3.63) is 28.8 Å². The summed E-state index contributed by atoms with van der Waals surface area (Å²) in [5, 5.41) is 19.1. The Hall–Kier alpha value is -1.51. The summed E-state index contributed by atoms with van der Waals surface area (Å²) >= 11 is 0. The van der Waals surface area contributed by atoms with E-state index in [1.54, 1.807) is 0 Å². The van der Waals surface area contributed by atoms with Crippen LogP contribution in [0.5, 0.6) is 5.75 Å². The first-order chi connectivity index (χ1) is 7.84. The van der Waals surface area contributed by atoms with Crippen LogP contribution in [0.2, 0.25) is 0 Å². The van der Waals surface area contributed by atoms with Gasteiger partial charge < -0.3 is 10.2 Å². The molecule has 0 aliphatic heterocycles. The van der Waals surface area contributed by atoms with Gasteiger partial charge in [0.2, 0.25) is 0 Å². The molecular formula is C14H20O3. The largest absolute Gasteiger partial charge is 0.507 e. The summed E-state index contributed by atoms with van der Waals surface area (Å²) in [6.45, 7) is 7.95. The van der Waals surface area contributed by atoms with Crippen molar-refractivity contribution in [1.29, 1.82) is 0 Å². The Bertz CT molecular complexity index is 420.